The van der Waals surface area contributed by atoms with Crippen LogP contribution in [0.2, 0.25) is 0 Å². The Kier molecular flexibility index (Phi) is 4.25. The molecule has 0 fully saturated rings. The first-order valence-corrected chi connectivity index (χ1v) is 9.72. The van der Waals surface area contributed by atoms with Crippen LogP contribution in [-0.4, -0.2) is 9.97 Å². The van der Waals surface area contributed by atoms with Crippen LogP contribution in [0.25, 0.3) is 43.4 Å². The zero-order valence-electron chi connectivity index (χ0n) is 17.0. The maximum absolute atomic E-state index is 10.1. The van der Waals surface area contributed by atoms with Gasteiger partial charge in [-0.3, -0.25) is 0 Å². The summed E-state index contributed by atoms with van der Waals surface area (Å²) in [6.07, 6.45) is 0. The second kappa shape index (κ2) is 7.27. The highest BCUT2D eigenvalue weighted by molar-refractivity contribution is 6.32. The molecule has 5 rings (SSSR count). The van der Waals surface area contributed by atoms with Crippen LogP contribution in [0.15, 0.2) is 36.4 Å². The number of aromatic nitrogens is 2. The van der Waals surface area contributed by atoms with Gasteiger partial charge in [0.25, 0.3) is 0 Å². The number of rotatable bonds is 0. The standard InChI is InChI=1S/C26H6N8/c27-7-16-17(8-28)19(10-30)24-23(18(16)9-29)22-14-4-2-1-3-13(14)5-6-15(22)25-26(24)34-21(12-32)20(11-31)33-25/h1-6H. The van der Waals surface area contributed by atoms with Crippen LogP contribution in [0, 0.1) is 68.0 Å². The Bertz CT molecular complexity index is 2030. The van der Waals surface area contributed by atoms with Gasteiger partial charge in [0.05, 0.1) is 27.8 Å². The first kappa shape index (κ1) is 19.9. The summed E-state index contributed by atoms with van der Waals surface area (Å²) in [6.45, 7) is 0. The van der Waals surface area contributed by atoms with Crippen molar-refractivity contribution in [3.63, 3.8) is 0 Å². The first-order valence-electron chi connectivity index (χ1n) is 9.72. The maximum atomic E-state index is 10.1. The molecule has 0 N–H and O–H groups in total. The minimum atomic E-state index is -0.250. The van der Waals surface area contributed by atoms with Crippen LogP contribution < -0.4 is 0 Å². The molecule has 4 aromatic carbocycles. The molecule has 0 radical (unpaired) electrons. The predicted molar refractivity (Wildman–Crippen MR) is 120 cm³/mol. The normalized spacial score (nSPS) is 10.2. The number of nitrogens with zero attached hydrogens (tertiary/aromatic N) is 8. The largest absolute Gasteiger partial charge is 0.232 e. The predicted octanol–water partition coefficient (Wildman–Crippen LogP) is 4.32. The summed E-state index contributed by atoms with van der Waals surface area (Å²) in [7, 11) is 0. The highest BCUT2D eigenvalue weighted by Gasteiger charge is 2.26. The van der Waals surface area contributed by atoms with E-state index < -0.39 is 0 Å². The van der Waals surface area contributed by atoms with Crippen molar-refractivity contribution in [1.29, 1.82) is 31.6 Å². The van der Waals surface area contributed by atoms with Gasteiger partial charge >= 0.3 is 0 Å². The van der Waals surface area contributed by atoms with Crippen LogP contribution in [0.3, 0.4) is 0 Å². The second-order valence-corrected chi connectivity index (χ2v) is 7.25. The van der Waals surface area contributed by atoms with E-state index in [-0.39, 0.29) is 55.4 Å². The van der Waals surface area contributed by atoms with Crippen molar-refractivity contribution in [3.8, 4) is 36.4 Å². The summed E-state index contributed by atoms with van der Waals surface area (Å²) in [5.41, 5.74) is -0.750. The lowest BCUT2D eigenvalue weighted by Gasteiger charge is -2.16. The average Bonchev–Trinajstić information content (AvgIpc) is 2.89. The third kappa shape index (κ3) is 2.40. The molecular weight excluding hydrogens is 424 g/mol. The highest BCUT2D eigenvalue weighted by Crippen LogP contribution is 2.42. The number of benzene rings is 4. The summed E-state index contributed by atoms with van der Waals surface area (Å²) >= 11 is 0. The van der Waals surface area contributed by atoms with Gasteiger partial charge < -0.3 is 0 Å². The van der Waals surface area contributed by atoms with E-state index in [2.05, 4.69) is 9.97 Å². The Morgan fingerprint density at radius 1 is 0.471 bits per heavy atom. The zero-order chi connectivity index (χ0) is 24.0. The van der Waals surface area contributed by atoms with Gasteiger partial charge in [-0.2, -0.15) is 31.6 Å². The lowest BCUT2D eigenvalue weighted by atomic mass is 9.85. The summed E-state index contributed by atoms with van der Waals surface area (Å²) in [5, 5.41) is 61.8. The third-order valence-electron chi connectivity index (χ3n) is 5.73. The van der Waals surface area contributed by atoms with Crippen molar-refractivity contribution in [2.24, 2.45) is 0 Å². The molecule has 0 amide bonds. The molecule has 0 bridgehead atoms. The van der Waals surface area contributed by atoms with Crippen LogP contribution in [-0.2, 0) is 0 Å². The van der Waals surface area contributed by atoms with Crippen molar-refractivity contribution < 1.29 is 0 Å². The molecule has 1 heterocycles. The summed E-state index contributed by atoms with van der Waals surface area (Å²) in [5.74, 6) is 0. The van der Waals surface area contributed by atoms with Crippen LogP contribution in [0.1, 0.15) is 33.6 Å². The van der Waals surface area contributed by atoms with E-state index in [4.69, 9.17) is 0 Å². The lowest BCUT2D eigenvalue weighted by Crippen LogP contribution is -2.03. The number of hydrogen-bond donors (Lipinski definition) is 0. The molecule has 0 spiro atoms. The second-order valence-electron chi connectivity index (χ2n) is 7.25. The number of hydrogen-bond acceptors (Lipinski definition) is 8. The molecular formula is C26H6N8. The monoisotopic (exact) mass is 430 g/mol. The fourth-order valence-corrected chi connectivity index (χ4v) is 4.38. The summed E-state index contributed by atoms with van der Waals surface area (Å²) < 4.78 is 0. The van der Waals surface area contributed by atoms with Gasteiger partial charge in [0, 0.05) is 21.5 Å². The number of fused-ring (bicyclic) bond motifs is 8. The van der Waals surface area contributed by atoms with E-state index >= 15 is 0 Å². The van der Waals surface area contributed by atoms with Crippen molar-refractivity contribution in [1.82, 2.24) is 9.97 Å². The fraction of sp³-hybridized carbons (Fsp3) is 0. The topological polar surface area (TPSA) is 169 Å². The molecule has 150 valence electrons. The highest BCUT2D eigenvalue weighted by atomic mass is 14.8. The third-order valence-corrected chi connectivity index (χ3v) is 5.73. The fourth-order valence-electron chi connectivity index (χ4n) is 4.38. The van der Waals surface area contributed by atoms with Gasteiger partial charge in [-0.1, -0.05) is 36.4 Å². The lowest BCUT2D eigenvalue weighted by molar-refractivity contribution is 1.21. The summed E-state index contributed by atoms with van der Waals surface area (Å²) in [4.78, 5) is 8.73. The SMILES string of the molecule is N#Cc1nc2c3ccc4ccccc4c3c3c(C#N)c(C#N)c(C#N)c(C#N)c3c2nc1C#N. The molecule has 0 saturated carbocycles. The minimum absolute atomic E-state index is 0.0685. The smallest absolute Gasteiger partial charge is 0.177 e. The Balaban J connectivity index is 2.34. The molecule has 34 heavy (non-hydrogen) atoms. The molecule has 8 heteroatoms. The molecule has 8 nitrogen and oxygen atoms in total. The Hall–Kier alpha value is -6.06. The molecule has 5 aromatic rings. The molecule has 0 atom stereocenters. The van der Waals surface area contributed by atoms with Gasteiger partial charge in [0.1, 0.15) is 41.9 Å². The van der Waals surface area contributed by atoms with Crippen LogP contribution in [0.4, 0.5) is 0 Å². The van der Waals surface area contributed by atoms with Gasteiger partial charge in [-0.25, -0.2) is 9.97 Å². The Morgan fingerprint density at radius 2 is 1.03 bits per heavy atom. The van der Waals surface area contributed by atoms with Gasteiger partial charge in [-0.05, 0) is 10.8 Å². The van der Waals surface area contributed by atoms with Gasteiger partial charge in [0.2, 0.25) is 0 Å². The van der Waals surface area contributed by atoms with Crippen molar-refractivity contribution in [2.45, 2.75) is 0 Å². The number of nitriles is 6. The van der Waals surface area contributed by atoms with Gasteiger partial charge in [0.15, 0.2) is 11.4 Å². The van der Waals surface area contributed by atoms with E-state index in [0.29, 0.717) is 10.8 Å². The Morgan fingerprint density at radius 3 is 1.62 bits per heavy atom. The van der Waals surface area contributed by atoms with Crippen molar-refractivity contribution in [3.05, 3.63) is 70.0 Å². The van der Waals surface area contributed by atoms with E-state index in [1.54, 1.807) is 6.07 Å². The van der Waals surface area contributed by atoms with Crippen molar-refractivity contribution in [2.75, 3.05) is 0 Å². The van der Waals surface area contributed by atoms with E-state index in [0.717, 1.165) is 10.8 Å². The van der Waals surface area contributed by atoms with E-state index in [9.17, 15) is 31.6 Å². The molecule has 0 unspecified atom stereocenters. The first-order chi connectivity index (χ1) is 16.6. The molecule has 0 aliphatic heterocycles. The molecule has 0 aliphatic rings. The summed E-state index contributed by atoms with van der Waals surface area (Å²) in [6, 6.07) is 22.5. The quantitative estimate of drug-likeness (QED) is 0.327. The molecule has 0 saturated heterocycles. The van der Waals surface area contributed by atoms with E-state index in [1.807, 2.05) is 66.7 Å². The van der Waals surface area contributed by atoms with Crippen LogP contribution >= 0.6 is 0 Å². The van der Waals surface area contributed by atoms with Crippen LogP contribution in [0.5, 0.6) is 0 Å². The maximum Gasteiger partial charge on any atom is 0.177 e. The molecule has 1 aromatic heterocycles. The average molecular weight is 430 g/mol. The van der Waals surface area contributed by atoms with Gasteiger partial charge in [-0.15, -0.1) is 0 Å². The minimum Gasteiger partial charge on any atom is -0.232 e. The zero-order valence-corrected chi connectivity index (χ0v) is 17.0. The Labute approximate surface area is 191 Å². The van der Waals surface area contributed by atoms with Crippen molar-refractivity contribution >= 4 is 43.4 Å². The molecule has 0 aliphatic carbocycles. The van der Waals surface area contributed by atoms with E-state index in [1.165, 1.54) is 0 Å².